The third-order valence-electron chi connectivity index (χ3n) is 7.50. The zero-order valence-corrected chi connectivity index (χ0v) is 20.3. The Morgan fingerprint density at radius 3 is 2.65 bits per heavy atom. The fourth-order valence-electron chi connectivity index (χ4n) is 5.50. The summed E-state index contributed by atoms with van der Waals surface area (Å²) in [6.07, 6.45) is 6.34. The van der Waals surface area contributed by atoms with E-state index in [0.717, 1.165) is 60.0 Å². The van der Waals surface area contributed by atoms with Crippen molar-refractivity contribution in [1.29, 1.82) is 0 Å². The number of aromatic nitrogens is 1. The molecule has 6 nitrogen and oxygen atoms in total. The van der Waals surface area contributed by atoms with Crippen LogP contribution in [0.1, 0.15) is 62.0 Å². The standard InChI is InChI=1S/C28H33N3O3/c1-4-19-9-8-12-22(15-19)31-26(32)25-16-20-13-14-23(34-3)17-24(20)30(25)18-28(31,2)27(33)29-21-10-6-5-7-11-21/h8-9,12-17,21H,4-7,10-11,18H2,1-3H3,(H,29,33)/t28-/m1/s1. The molecule has 1 fully saturated rings. The summed E-state index contributed by atoms with van der Waals surface area (Å²) in [4.78, 5) is 29.7. The highest BCUT2D eigenvalue weighted by molar-refractivity contribution is 6.14. The average molecular weight is 460 g/mol. The molecule has 1 saturated carbocycles. The zero-order chi connectivity index (χ0) is 23.9. The largest absolute Gasteiger partial charge is 0.497 e. The second-order valence-corrected chi connectivity index (χ2v) is 9.79. The highest BCUT2D eigenvalue weighted by Crippen LogP contribution is 2.37. The van der Waals surface area contributed by atoms with E-state index < -0.39 is 5.54 Å². The van der Waals surface area contributed by atoms with Gasteiger partial charge in [0, 0.05) is 23.2 Å². The minimum absolute atomic E-state index is 0.0925. The summed E-state index contributed by atoms with van der Waals surface area (Å²) in [5, 5.41) is 4.26. The van der Waals surface area contributed by atoms with Crippen LogP contribution in [0.3, 0.4) is 0 Å². The number of hydrogen-bond donors (Lipinski definition) is 1. The van der Waals surface area contributed by atoms with Crippen LogP contribution in [0.25, 0.3) is 10.9 Å². The normalized spacial score (nSPS) is 20.9. The maximum Gasteiger partial charge on any atom is 0.275 e. The fraction of sp³-hybridized carbons (Fsp3) is 0.429. The first-order valence-electron chi connectivity index (χ1n) is 12.4. The van der Waals surface area contributed by atoms with Crippen molar-refractivity contribution in [3.8, 4) is 5.75 Å². The number of anilines is 1. The van der Waals surface area contributed by atoms with Crippen LogP contribution in [0.15, 0.2) is 48.5 Å². The zero-order valence-electron chi connectivity index (χ0n) is 20.3. The van der Waals surface area contributed by atoms with Crippen LogP contribution in [0.2, 0.25) is 0 Å². The number of fused-ring (bicyclic) bond motifs is 3. The van der Waals surface area contributed by atoms with Gasteiger partial charge in [0.1, 0.15) is 17.0 Å². The van der Waals surface area contributed by atoms with E-state index in [0.29, 0.717) is 12.2 Å². The summed E-state index contributed by atoms with van der Waals surface area (Å²) in [6, 6.07) is 15.9. The number of methoxy groups -OCH3 is 1. The number of carbonyl (C=O) groups is 2. The molecule has 2 aliphatic rings. The van der Waals surface area contributed by atoms with E-state index in [2.05, 4.69) is 18.3 Å². The van der Waals surface area contributed by atoms with Crippen molar-refractivity contribution in [2.24, 2.45) is 0 Å². The van der Waals surface area contributed by atoms with Gasteiger partial charge in [-0.2, -0.15) is 0 Å². The van der Waals surface area contributed by atoms with Gasteiger partial charge in [-0.1, -0.05) is 38.3 Å². The van der Waals surface area contributed by atoms with Crippen molar-refractivity contribution in [3.05, 3.63) is 59.8 Å². The first-order valence-corrected chi connectivity index (χ1v) is 12.4. The summed E-state index contributed by atoms with van der Waals surface area (Å²) >= 11 is 0. The number of amides is 2. The lowest BCUT2D eigenvalue weighted by molar-refractivity contribution is -0.127. The summed E-state index contributed by atoms with van der Waals surface area (Å²) in [5.74, 6) is 0.480. The van der Waals surface area contributed by atoms with E-state index in [9.17, 15) is 9.59 Å². The van der Waals surface area contributed by atoms with Crippen molar-refractivity contribution in [3.63, 3.8) is 0 Å². The molecule has 6 heteroatoms. The molecule has 34 heavy (non-hydrogen) atoms. The molecular formula is C28H33N3O3. The van der Waals surface area contributed by atoms with Gasteiger partial charge in [-0.15, -0.1) is 0 Å². The molecule has 2 amide bonds. The molecule has 1 N–H and O–H groups in total. The van der Waals surface area contributed by atoms with E-state index in [4.69, 9.17) is 4.74 Å². The van der Waals surface area contributed by atoms with Crippen LogP contribution >= 0.6 is 0 Å². The number of nitrogens with zero attached hydrogens (tertiary/aromatic N) is 2. The van der Waals surface area contributed by atoms with Crippen LogP contribution in [-0.2, 0) is 17.8 Å². The first kappa shape index (κ1) is 22.5. The maximum atomic E-state index is 14.0. The van der Waals surface area contributed by atoms with Crippen molar-refractivity contribution >= 4 is 28.4 Å². The Morgan fingerprint density at radius 2 is 1.91 bits per heavy atom. The number of nitrogens with one attached hydrogen (secondary N) is 1. The molecular weight excluding hydrogens is 426 g/mol. The lowest BCUT2D eigenvalue weighted by Gasteiger charge is -2.45. The Bertz CT molecular complexity index is 1240. The summed E-state index contributed by atoms with van der Waals surface area (Å²) in [6.45, 7) is 4.37. The molecule has 3 aromatic rings. The number of benzene rings is 2. The van der Waals surface area contributed by atoms with Gasteiger partial charge in [0.25, 0.3) is 5.91 Å². The van der Waals surface area contributed by atoms with E-state index in [-0.39, 0.29) is 17.9 Å². The van der Waals surface area contributed by atoms with Crippen LogP contribution < -0.4 is 15.0 Å². The fourth-order valence-corrected chi connectivity index (χ4v) is 5.50. The molecule has 5 rings (SSSR count). The SMILES string of the molecule is CCc1cccc(N2C(=O)c3cc4ccc(OC)cc4n3C[C@]2(C)C(=O)NC2CCCCC2)c1. The molecule has 1 aromatic heterocycles. The number of ether oxygens (including phenoxy) is 1. The smallest absolute Gasteiger partial charge is 0.275 e. The first-order chi connectivity index (χ1) is 16.4. The minimum atomic E-state index is -1.07. The number of aryl methyl sites for hydroxylation is 1. The molecule has 1 aliphatic heterocycles. The number of hydrogen-bond acceptors (Lipinski definition) is 3. The Balaban J connectivity index is 1.63. The van der Waals surface area contributed by atoms with Crippen molar-refractivity contribution in [1.82, 2.24) is 9.88 Å². The van der Waals surface area contributed by atoms with Crippen molar-refractivity contribution < 1.29 is 14.3 Å². The van der Waals surface area contributed by atoms with Crippen LogP contribution in [-0.4, -0.2) is 35.1 Å². The third kappa shape index (κ3) is 3.75. The molecule has 1 atom stereocenters. The molecule has 178 valence electrons. The Labute approximate surface area is 200 Å². The third-order valence-corrected chi connectivity index (χ3v) is 7.50. The lowest BCUT2D eigenvalue weighted by Crippen LogP contribution is -2.65. The predicted molar refractivity (Wildman–Crippen MR) is 135 cm³/mol. The van der Waals surface area contributed by atoms with Gasteiger partial charge in [0.05, 0.1) is 19.2 Å². The Morgan fingerprint density at radius 1 is 1.12 bits per heavy atom. The summed E-state index contributed by atoms with van der Waals surface area (Å²) < 4.78 is 7.42. The van der Waals surface area contributed by atoms with Gasteiger partial charge in [-0.25, -0.2) is 0 Å². The second-order valence-electron chi connectivity index (χ2n) is 9.79. The average Bonchev–Trinajstić information content (AvgIpc) is 3.22. The minimum Gasteiger partial charge on any atom is -0.497 e. The van der Waals surface area contributed by atoms with Gasteiger partial charge in [0.15, 0.2) is 0 Å². The molecule has 0 unspecified atom stereocenters. The number of carbonyl (C=O) groups excluding carboxylic acids is 2. The second kappa shape index (κ2) is 8.82. The topological polar surface area (TPSA) is 63.6 Å². The van der Waals surface area contributed by atoms with E-state index in [1.807, 2.05) is 54.0 Å². The van der Waals surface area contributed by atoms with Gasteiger partial charge >= 0.3 is 0 Å². The van der Waals surface area contributed by atoms with E-state index in [1.165, 1.54) is 6.42 Å². The molecule has 1 aliphatic carbocycles. The number of rotatable bonds is 5. The van der Waals surface area contributed by atoms with E-state index in [1.54, 1.807) is 12.0 Å². The lowest BCUT2D eigenvalue weighted by atomic mass is 9.90. The Hall–Kier alpha value is -3.28. The highest BCUT2D eigenvalue weighted by Gasteiger charge is 2.49. The highest BCUT2D eigenvalue weighted by atomic mass is 16.5. The molecule has 2 aromatic carbocycles. The monoisotopic (exact) mass is 459 g/mol. The quantitative estimate of drug-likeness (QED) is 0.579. The van der Waals surface area contributed by atoms with Gasteiger partial charge in [-0.3, -0.25) is 14.5 Å². The van der Waals surface area contributed by atoms with E-state index >= 15 is 0 Å². The van der Waals surface area contributed by atoms with Crippen LogP contribution in [0.4, 0.5) is 5.69 Å². The van der Waals surface area contributed by atoms with Crippen LogP contribution in [0.5, 0.6) is 5.75 Å². The summed E-state index contributed by atoms with van der Waals surface area (Å²) in [5.41, 5.74) is 2.33. The molecule has 2 heterocycles. The molecule has 0 spiro atoms. The molecule has 0 bridgehead atoms. The van der Waals surface area contributed by atoms with Gasteiger partial charge < -0.3 is 14.6 Å². The molecule has 0 saturated heterocycles. The van der Waals surface area contributed by atoms with Crippen molar-refractivity contribution in [2.45, 2.75) is 70.5 Å². The predicted octanol–water partition coefficient (Wildman–Crippen LogP) is 5.08. The maximum absolute atomic E-state index is 14.0. The van der Waals surface area contributed by atoms with Gasteiger partial charge in [-0.05, 0) is 62.1 Å². The van der Waals surface area contributed by atoms with Gasteiger partial charge in [0.2, 0.25) is 5.91 Å². The molecule has 0 radical (unpaired) electrons. The van der Waals surface area contributed by atoms with Crippen molar-refractivity contribution in [2.75, 3.05) is 12.0 Å². The summed E-state index contributed by atoms with van der Waals surface area (Å²) in [7, 11) is 1.64. The Kier molecular flexibility index (Phi) is 5.84. The van der Waals surface area contributed by atoms with Crippen LogP contribution in [0, 0.1) is 0 Å².